The molecule has 0 aromatic carbocycles. The molecule has 1 fully saturated rings. The summed E-state index contributed by atoms with van der Waals surface area (Å²) in [5.41, 5.74) is 8.44. The molecular weight excluding hydrogens is 536 g/mol. The van der Waals surface area contributed by atoms with Gasteiger partial charge in [0, 0.05) is 50.0 Å². The molecule has 1 aliphatic heterocycles. The zero-order valence-corrected chi connectivity index (χ0v) is 22.7. The minimum atomic E-state index is -0.887. The maximum absolute atomic E-state index is 15.6. The molecule has 0 saturated carbocycles. The fourth-order valence-corrected chi connectivity index (χ4v) is 4.81. The number of hydrogen-bond acceptors (Lipinski definition) is 7. The van der Waals surface area contributed by atoms with E-state index in [0.717, 1.165) is 18.2 Å². The minimum Gasteiger partial charge on any atom is -0.485 e. The number of nitrogens with two attached hydrogens (primary N) is 1. The summed E-state index contributed by atoms with van der Waals surface area (Å²) in [5, 5.41) is 0.402. The van der Waals surface area contributed by atoms with Gasteiger partial charge < -0.3 is 10.5 Å². The third kappa shape index (κ3) is 6.19. The summed E-state index contributed by atoms with van der Waals surface area (Å²) in [4.78, 5) is 19.6. The molecule has 11 heteroatoms. The maximum Gasteiger partial charge on any atom is 0.186 e. The van der Waals surface area contributed by atoms with Crippen LogP contribution in [0, 0.1) is 0 Å². The molecule has 40 heavy (non-hydrogen) atoms. The van der Waals surface area contributed by atoms with E-state index >= 15 is 4.39 Å². The highest BCUT2D eigenvalue weighted by Gasteiger charge is 2.25. The smallest absolute Gasteiger partial charge is 0.186 e. The van der Waals surface area contributed by atoms with Gasteiger partial charge in [-0.3, -0.25) is 14.5 Å². The van der Waals surface area contributed by atoms with Crippen LogP contribution < -0.4 is 5.73 Å². The first-order valence-electron chi connectivity index (χ1n) is 12.8. The van der Waals surface area contributed by atoms with Gasteiger partial charge in [-0.2, -0.15) is 0 Å². The molecule has 1 saturated heterocycles. The zero-order valence-electron chi connectivity index (χ0n) is 21.9. The number of nitrogens with zero attached hydrogens (tertiary/aromatic N) is 6. The molecule has 8 nitrogen and oxygen atoms in total. The second kappa shape index (κ2) is 11.9. The van der Waals surface area contributed by atoms with Crippen molar-refractivity contribution in [2.75, 3.05) is 18.8 Å². The Kier molecular flexibility index (Phi) is 8.18. The van der Waals surface area contributed by atoms with E-state index in [1.165, 1.54) is 13.1 Å². The van der Waals surface area contributed by atoms with E-state index in [0.29, 0.717) is 59.5 Å². The summed E-state index contributed by atoms with van der Waals surface area (Å²) in [5.74, 6) is -1.22. The van der Waals surface area contributed by atoms with Crippen LogP contribution in [0.3, 0.4) is 0 Å². The van der Waals surface area contributed by atoms with E-state index in [4.69, 9.17) is 22.1 Å². The van der Waals surface area contributed by atoms with Crippen LogP contribution in [0.4, 0.5) is 14.6 Å². The average Bonchev–Trinajstić information content (AvgIpc) is 3.31. The van der Waals surface area contributed by atoms with Crippen molar-refractivity contribution in [1.29, 1.82) is 0 Å². The lowest BCUT2D eigenvalue weighted by Crippen LogP contribution is -2.36. The normalized spacial score (nSPS) is 15.8. The number of ether oxygens (including phenoxy) is 1. The van der Waals surface area contributed by atoms with E-state index < -0.39 is 17.4 Å². The van der Waals surface area contributed by atoms with Crippen molar-refractivity contribution >= 4 is 34.3 Å². The summed E-state index contributed by atoms with van der Waals surface area (Å²) < 4.78 is 37.6. The molecule has 0 radical (unpaired) electrons. The Morgan fingerprint density at radius 1 is 1.15 bits per heavy atom. The number of nitrogen functional groups attached to an aromatic ring is 1. The highest BCUT2D eigenvalue weighted by atomic mass is 35.5. The van der Waals surface area contributed by atoms with Gasteiger partial charge in [0.2, 0.25) is 0 Å². The van der Waals surface area contributed by atoms with Crippen LogP contribution >= 0.6 is 11.6 Å². The predicted molar refractivity (Wildman–Crippen MR) is 152 cm³/mol. The van der Waals surface area contributed by atoms with Crippen molar-refractivity contribution in [3.8, 4) is 11.5 Å². The SMILES string of the molecule is C=C(/C=C(F)\C(OC1CCN(Cc2ccnc(N)c2)CC1)=C(/C)F)n1c(-c2ccccn2)nc2cc(Cl)cnc21. The Bertz CT molecular complexity index is 1590. The number of piperidine rings is 1. The van der Waals surface area contributed by atoms with Gasteiger partial charge in [-0.25, -0.2) is 23.7 Å². The Hall–Kier alpha value is -4.15. The molecule has 5 heterocycles. The average molecular weight is 564 g/mol. The molecule has 206 valence electrons. The number of allylic oxidation sites excluding steroid dienone is 4. The summed E-state index contributed by atoms with van der Waals surface area (Å²) in [6.07, 6.45) is 6.78. The summed E-state index contributed by atoms with van der Waals surface area (Å²) in [6, 6.07) is 10.8. The molecule has 4 aromatic rings. The monoisotopic (exact) mass is 563 g/mol. The van der Waals surface area contributed by atoms with Crippen LogP contribution in [0.1, 0.15) is 25.3 Å². The van der Waals surface area contributed by atoms with Gasteiger partial charge in [0.1, 0.15) is 29.0 Å². The first-order valence-corrected chi connectivity index (χ1v) is 13.1. The van der Waals surface area contributed by atoms with Crippen LogP contribution in [0.5, 0.6) is 0 Å². The standard InChI is InChI=1S/C29H28ClF2N7O/c1-18(39-28-25(15-21(30)16-36-28)37-29(39)24-5-3-4-9-34-24)13-23(32)27(19(2)31)40-22-7-11-38(12-8-22)17-20-6-10-35-26(33)14-20/h3-6,9-10,13-16,22H,1,7-8,11-12,17H2,2H3,(H2,33,35)/b23-13+,27-19-. The molecule has 1 aliphatic rings. The topological polar surface area (TPSA) is 95.0 Å². The van der Waals surface area contributed by atoms with Crippen molar-refractivity contribution in [1.82, 2.24) is 29.4 Å². The maximum atomic E-state index is 15.6. The number of anilines is 1. The fourth-order valence-electron chi connectivity index (χ4n) is 4.66. The van der Waals surface area contributed by atoms with Crippen molar-refractivity contribution in [2.45, 2.75) is 32.4 Å². The van der Waals surface area contributed by atoms with Gasteiger partial charge in [-0.15, -0.1) is 0 Å². The number of rotatable bonds is 8. The van der Waals surface area contributed by atoms with Crippen LogP contribution in [0.15, 0.2) is 85.1 Å². The number of fused-ring (bicyclic) bond motifs is 1. The Morgan fingerprint density at radius 3 is 2.65 bits per heavy atom. The zero-order chi connectivity index (χ0) is 28.2. The lowest BCUT2D eigenvalue weighted by Gasteiger charge is -2.32. The predicted octanol–water partition coefficient (Wildman–Crippen LogP) is 6.33. The third-order valence-corrected chi connectivity index (χ3v) is 6.75. The van der Waals surface area contributed by atoms with Crippen LogP contribution in [0.25, 0.3) is 28.4 Å². The number of likely N-dealkylation sites (tertiary alicyclic amines) is 1. The van der Waals surface area contributed by atoms with Crippen molar-refractivity contribution in [3.05, 3.63) is 95.6 Å². The van der Waals surface area contributed by atoms with Crippen LogP contribution in [0.2, 0.25) is 5.02 Å². The highest BCUT2D eigenvalue weighted by Crippen LogP contribution is 2.31. The number of aromatic nitrogens is 5. The van der Waals surface area contributed by atoms with E-state index in [9.17, 15) is 4.39 Å². The summed E-state index contributed by atoms with van der Waals surface area (Å²) in [7, 11) is 0. The van der Waals surface area contributed by atoms with Gasteiger partial charge >= 0.3 is 0 Å². The van der Waals surface area contributed by atoms with Crippen molar-refractivity contribution in [3.63, 3.8) is 0 Å². The summed E-state index contributed by atoms with van der Waals surface area (Å²) >= 11 is 6.12. The Labute approximate surface area is 235 Å². The van der Waals surface area contributed by atoms with E-state index in [1.807, 2.05) is 18.2 Å². The first-order chi connectivity index (χ1) is 19.3. The van der Waals surface area contributed by atoms with E-state index in [-0.39, 0.29) is 11.8 Å². The minimum absolute atomic E-state index is 0.171. The molecule has 0 spiro atoms. The quantitative estimate of drug-likeness (QED) is 0.198. The number of halogens is 3. The molecule has 2 N–H and O–H groups in total. The molecule has 0 amide bonds. The van der Waals surface area contributed by atoms with Gasteiger partial charge in [0.15, 0.2) is 23.1 Å². The first kappa shape index (κ1) is 27.4. The van der Waals surface area contributed by atoms with Crippen LogP contribution in [-0.4, -0.2) is 48.6 Å². The second-order valence-electron chi connectivity index (χ2n) is 9.51. The second-order valence-corrected chi connectivity index (χ2v) is 9.95. The number of pyridine rings is 3. The van der Waals surface area contributed by atoms with Crippen molar-refractivity contribution in [2.24, 2.45) is 0 Å². The highest BCUT2D eigenvalue weighted by molar-refractivity contribution is 6.31. The fraction of sp³-hybridized carbons (Fsp3) is 0.241. The van der Waals surface area contributed by atoms with Gasteiger partial charge in [0.25, 0.3) is 0 Å². The molecule has 5 rings (SSSR count). The van der Waals surface area contributed by atoms with Gasteiger partial charge in [0.05, 0.1) is 5.02 Å². The van der Waals surface area contributed by atoms with E-state index in [2.05, 4.69) is 31.4 Å². The molecule has 0 bridgehead atoms. The molecule has 0 unspecified atom stereocenters. The Morgan fingerprint density at radius 2 is 1.95 bits per heavy atom. The lowest BCUT2D eigenvalue weighted by molar-refractivity contribution is 0.0442. The molecular formula is C29H28ClF2N7O. The molecule has 4 aromatic heterocycles. The van der Waals surface area contributed by atoms with E-state index in [1.54, 1.807) is 35.2 Å². The largest absolute Gasteiger partial charge is 0.485 e. The van der Waals surface area contributed by atoms with Crippen molar-refractivity contribution < 1.29 is 13.5 Å². The van der Waals surface area contributed by atoms with Crippen LogP contribution in [-0.2, 0) is 11.3 Å². The third-order valence-electron chi connectivity index (χ3n) is 6.54. The lowest BCUT2D eigenvalue weighted by atomic mass is 10.1. The number of hydrogen-bond donors (Lipinski definition) is 1. The number of imidazole rings is 1. The summed E-state index contributed by atoms with van der Waals surface area (Å²) in [6.45, 7) is 7.34. The van der Waals surface area contributed by atoms with Gasteiger partial charge in [-0.05, 0) is 55.7 Å². The Balaban J connectivity index is 1.33. The molecule has 0 atom stereocenters. The molecule has 0 aliphatic carbocycles. The van der Waals surface area contributed by atoms with Gasteiger partial charge in [-0.1, -0.05) is 24.2 Å².